The van der Waals surface area contributed by atoms with E-state index in [-0.39, 0.29) is 11.2 Å². The molecule has 0 bridgehead atoms. The lowest BCUT2D eigenvalue weighted by Crippen LogP contribution is -2.24. The van der Waals surface area contributed by atoms with Crippen LogP contribution in [-0.2, 0) is 4.79 Å². The number of thioether (sulfide) groups is 1. The first-order chi connectivity index (χ1) is 9.49. The summed E-state index contributed by atoms with van der Waals surface area (Å²) in [7, 11) is 0. The first-order valence-corrected chi connectivity index (χ1v) is 7.06. The van der Waals surface area contributed by atoms with Gasteiger partial charge in [-0.25, -0.2) is 4.68 Å². The summed E-state index contributed by atoms with van der Waals surface area (Å²) in [5.74, 6) is 5.53. The van der Waals surface area contributed by atoms with Crippen LogP contribution in [0.1, 0.15) is 18.1 Å². The van der Waals surface area contributed by atoms with E-state index in [9.17, 15) is 4.79 Å². The van der Waals surface area contributed by atoms with Crippen LogP contribution in [0, 0.1) is 13.8 Å². The van der Waals surface area contributed by atoms with Crippen LogP contribution < -0.4 is 11.2 Å². The summed E-state index contributed by atoms with van der Waals surface area (Å²) in [4.78, 5) is 12.2. The smallest absolute Gasteiger partial charge is 0.237 e. The highest BCUT2D eigenvalue weighted by atomic mass is 32.2. The number of hydrogen-bond acceptors (Lipinski definition) is 5. The van der Waals surface area contributed by atoms with Crippen LogP contribution in [0.3, 0.4) is 0 Å². The Hall–Kier alpha value is -2.02. The van der Waals surface area contributed by atoms with E-state index in [1.165, 1.54) is 22.8 Å². The van der Waals surface area contributed by atoms with Crippen LogP contribution in [0.2, 0.25) is 0 Å². The van der Waals surface area contributed by atoms with Gasteiger partial charge in [-0.1, -0.05) is 23.9 Å². The first kappa shape index (κ1) is 14.4. The van der Waals surface area contributed by atoms with Gasteiger partial charge in [0.1, 0.15) is 6.33 Å². The molecule has 106 valence electrons. The van der Waals surface area contributed by atoms with Crippen molar-refractivity contribution in [2.75, 3.05) is 11.2 Å². The molecule has 1 aromatic heterocycles. The van der Waals surface area contributed by atoms with Crippen molar-refractivity contribution in [3.63, 3.8) is 0 Å². The van der Waals surface area contributed by atoms with Crippen LogP contribution in [0.5, 0.6) is 0 Å². The van der Waals surface area contributed by atoms with Crippen molar-refractivity contribution in [1.29, 1.82) is 0 Å². The number of nitrogens with zero attached hydrogens (tertiary/aromatic N) is 3. The van der Waals surface area contributed by atoms with Crippen LogP contribution in [-0.4, -0.2) is 26.0 Å². The summed E-state index contributed by atoms with van der Waals surface area (Å²) in [6.07, 6.45) is 1.40. The van der Waals surface area contributed by atoms with Gasteiger partial charge in [0, 0.05) is 5.69 Å². The molecule has 2 aromatic rings. The summed E-state index contributed by atoms with van der Waals surface area (Å²) >= 11 is 1.27. The van der Waals surface area contributed by atoms with Gasteiger partial charge >= 0.3 is 0 Å². The van der Waals surface area contributed by atoms with Crippen molar-refractivity contribution in [1.82, 2.24) is 14.9 Å². The number of hydrogen-bond donors (Lipinski definition) is 2. The van der Waals surface area contributed by atoms with Crippen LogP contribution in [0.4, 0.5) is 5.69 Å². The molecule has 0 aliphatic carbocycles. The van der Waals surface area contributed by atoms with Crippen molar-refractivity contribution >= 4 is 23.4 Å². The Morgan fingerprint density at radius 3 is 2.85 bits per heavy atom. The molecule has 7 heteroatoms. The second-order valence-corrected chi connectivity index (χ2v) is 5.83. The highest BCUT2D eigenvalue weighted by molar-refractivity contribution is 8.00. The van der Waals surface area contributed by atoms with E-state index in [4.69, 9.17) is 5.84 Å². The standard InChI is InChI=1S/C13H17N5OS/c1-8-5-4-6-11(9(8)2)16-12(19)10(3)20-13-17-15-7-18(13)14/h4-7,10H,14H2,1-3H3,(H,16,19)/t10-/m0/s1. The summed E-state index contributed by atoms with van der Waals surface area (Å²) < 4.78 is 1.30. The average Bonchev–Trinajstić information content (AvgIpc) is 2.80. The molecule has 0 unspecified atom stereocenters. The van der Waals surface area contributed by atoms with Gasteiger partial charge in [-0.05, 0) is 38.0 Å². The molecule has 1 atom stereocenters. The topological polar surface area (TPSA) is 85.8 Å². The van der Waals surface area contributed by atoms with Gasteiger partial charge in [0.2, 0.25) is 11.1 Å². The number of aromatic nitrogens is 3. The third-order valence-corrected chi connectivity index (χ3v) is 4.13. The Morgan fingerprint density at radius 2 is 2.20 bits per heavy atom. The molecule has 1 amide bonds. The maximum atomic E-state index is 12.2. The summed E-state index contributed by atoms with van der Waals surface area (Å²) in [6.45, 7) is 5.80. The lowest BCUT2D eigenvalue weighted by Gasteiger charge is -2.13. The Kier molecular flexibility index (Phi) is 4.29. The van der Waals surface area contributed by atoms with Crippen LogP contribution in [0.25, 0.3) is 0 Å². The van der Waals surface area contributed by atoms with Crippen molar-refractivity contribution in [2.45, 2.75) is 31.2 Å². The molecule has 0 fully saturated rings. The SMILES string of the molecule is Cc1cccc(NC(=O)[C@H](C)Sc2nncn2N)c1C. The van der Waals surface area contributed by atoms with E-state index in [1.807, 2.05) is 32.0 Å². The number of amides is 1. The normalized spacial score (nSPS) is 12.2. The molecule has 2 rings (SSSR count). The second kappa shape index (κ2) is 5.96. The Bertz CT molecular complexity index is 625. The third kappa shape index (κ3) is 3.11. The minimum atomic E-state index is -0.318. The van der Waals surface area contributed by atoms with Gasteiger partial charge in [0.05, 0.1) is 5.25 Å². The van der Waals surface area contributed by atoms with Crippen molar-refractivity contribution < 1.29 is 4.79 Å². The van der Waals surface area contributed by atoms with Crippen LogP contribution >= 0.6 is 11.8 Å². The Labute approximate surface area is 121 Å². The molecular weight excluding hydrogens is 274 g/mol. The summed E-state index contributed by atoms with van der Waals surface area (Å²) in [5.41, 5.74) is 3.04. The van der Waals surface area contributed by atoms with Gasteiger partial charge in [-0.2, -0.15) is 0 Å². The van der Waals surface area contributed by atoms with E-state index in [1.54, 1.807) is 6.92 Å². The molecule has 6 nitrogen and oxygen atoms in total. The van der Waals surface area contributed by atoms with Crippen molar-refractivity contribution in [2.24, 2.45) is 0 Å². The maximum Gasteiger partial charge on any atom is 0.237 e. The minimum Gasteiger partial charge on any atom is -0.336 e. The lowest BCUT2D eigenvalue weighted by atomic mass is 10.1. The lowest BCUT2D eigenvalue weighted by molar-refractivity contribution is -0.115. The van der Waals surface area contributed by atoms with Crippen molar-refractivity contribution in [3.8, 4) is 0 Å². The largest absolute Gasteiger partial charge is 0.336 e. The summed E-state index contributed by atoms with van der Waals surface area (Å²) in [6, 6.07) is 5.83. The molecular formula is C13H17N5OS. The maximum absolute atomic E-state index is 12.2. The zero-order valence-corrected chi connectivity index (χ0v) is 12.4. The predicted molar refractivity (Wildman–Crippen MR) is 80.0 cm³/mol. The number of nitrogens with one attached hydrogen (secondary N) is 1. The molecule has 20 heavy (non-hydrogen) atoms. The fourth-order valence-corrected chi connectivity index (χ4v) is 2.39. The highest BCUT2D eigenvalue weighted by Gasteiger charge is 2.18. The van der Waals surface area contributed by atoms with E-state index < -0.39 is 0 Å². The zero-order chi connectivity index (χ0) is 14.7. The molecule has 0 saturated heterocycles. The molecule has 0 aliphatic rings. The van der Waals surface area contributed by atoms with Gasteiger partial charge < -0.3 is 11.2 Å². The molecule has 0 spiro atoms. The van der Waals surface area contributed by atoms with Crippen LogP contribution in [0.15, 0.2) is 29.7 Å². The molecule has 0 aliphatic heterocycles. The summed E-state index contributed by atoms with van der Waals surface area (Å²) in [5, 5.41) is 10.6. The number of carbonyl (C=O) groups excluding carboxylic acids is 1. The minimum absolute atomic E-state index is 0.0910. The third-order valence-electron chi connectivity index (χ3n) is 3.05. The van der Waals surface area contributed by atoms with E-state index in [0.717, 1.165) is 16.8 Å². The molecule has 1 heterocycles. The fraction of sp³-hybridized carbons (Fsp3) is 0.308. The van der Waals surface area contributed by atoms with E-state index in [2.05, 4.69) is 15.5 Å². The first-order valence-electron chi connectivity index (χ1n) is 6.18. The number of benzene rings is 1. The second-order valence-electron chi connectivity index (χ2n) is 4.52. The van der Waals surface area contributed by atoms with E-state index >= 15 is 0 Å². The van der Waals surface area contributed by atoms with Gasteiger partial charge in [0.25, 0.3) is 0 Å². The van der Waals surface area contributed by atoms with Gasteiger partial charge in [0.15, 0.2) is 0 Å². The highest BCUT2D eigenvalue weighted by Crippen LogP contribution is 2.23. The quantitative estimate of drug-likeness (QED) is 0.662. The molecule has 1 aromatic carbocycles. The number of rotatable bonds is 4. The number of anilines is 1. The fourth-order valence-electron chi connectivity index (χ4n) is 1.65. The number of carbonyl (C=O) groups is 1. The Morgan fingerprint density at radius 1 is 1.45 bits per heavy atom. The number of nitrogens with two attached hydrogens (primary N) is 1. The molecule has 0 radical (unpaired) electrons. The average molecular weight is 291 g/mol. The zero-order valence-electron chi connectivity index (χ0n) is 11.6. The van der Waals surface area contributed by atoms with Gasteiger partial charge in [-0.3, -0.25) is 4.79 Å². The molecule has 3 N–H and O–H groups in total. The monoisotopic (exact) mass is 291 g/mol. The molecule has 0 saturated carbocycles. The predicted octanol–water partition coefficient (Wildman–Crippen LogP) is 1.73. The Balaban J connectivity index is 2.04. The van der Waals surface area contributed by atoms with E-state index in [0.29, 0.717) is 5.16 Å². The van der Waals surface area contributed by atoms with Gasteiger partial charge in [-0.15, -0.1) is 10.2 Å². The number of nitrogen functional groups attached to an aromatic ring is 1. The number of aryl methyl sites for hydroxylation is 1. The van der Waals surface area contributed by atoms with Crippen molar-refractivity contribution in [3.05, 3.63) is 35.7 Å².